The Kier molecular flexibility index (Phi) is 4.01. The summed E-state index contributed by atoms with van der Waals surface area (Å²) in [5, 5.41) is 3.74. The van der Waals surface area contributed by atoms with Gasteiger partial charge < -0.3 is 5.32 Å². The molecule has 0 aliphatic carbocycles. The highest BCUT2D eigenvalue weighted by atomic mass is 32.2. The molecule has 1 amide bonds. The number of amides is 1. The number of thioether (sulfide) groups is 1. The third-order valence-electron chi connectivity index (χ3n) is 5.34. The lowest BCUT2D eigenvalue weighted by Gasteiger charge is -2.25. The first-order valence-corrected chi connectivity index (χ1v) is 10.3. The molecule has 2 aliphatic rings. The molecule has 0 bridgehead atoms. The standard InChI is InChI=1S/C21H19N3O2S/c25-20(23-16-9-11-27-18-5-2-1-4-14(16)18)13-7-8-15-17(12-13)22-19-6-3-10-24(19)21(15)26/h1-2,4-5,7-8,12,16H,3,6,9-11H2,(H,23,25)/t16-/m1/s1. The SMILES string of the molecule is O=C(N[C@@H]1CCSc2ccccc21)c1ccc2c(=O)n3c(nc2c1)CCC3. The van der Waals surface area contributed by atoms with Crippen LogP contribution in [0.4, 0.5) is 0 Å². The second-order valence-corrected chi connectivity index (χ2v) is 8.16. The van der Waals surface area contributed by atoms with Gasteiger partial charge in [0, 0.05) is 29.2 Å². The minimum absolute atomic E-state index is 0.00214. The first-order chi connectivity index (χ1) is 13.2. The fourth-order valence-electron chi connectivity index (χ4n) is 3.96. The van der Waals surface area contributed by atoms with E-state index in [1.165, 1.54) is 10.5 Å². The maximum atomic E-state index is 12.9. The minimum atomic E-state index is -0.119. The third-order valence-corrected chi connectivity index (χ3v) is 6.47. The summed E-state index contributed by atoms with van der Waals surface area (Å²) >= 11 is 1.83. The van der Waals surface area contributed by atoms with Gasteiger partial charge >= 0.3 is 0 Å². The summed E-state index contributed by atoms with van der Waals surface area (Å²) in [6, 6.07) is 13.4. The van der Waals surface area contributed by atoms with E-state index in [0.717, 1.165) is 37.4 Å². The van der Waals surface area contributed by atoms with E-state index in [0.29, 0.717) is 16.5 Å². The van der Waals surface area contributed by atoms with Crippen molar-refractivity contribution in [3.8, 4) is 0 Å². The highest BCUT2D eigenvalue weighted by Crippen LogP contribution is 2.35. The molecule has 1 N–H and O–H groups in total. The van der Waals surface area contributed by atoms with Crippen molar-refractivity contribution in [3.05, 3.63) is 69.8 Å². The van der Waals surface area contributed by atoms with E-state index < -0.39 is 0 Å². The Bertz CT molecular complexity index is 1120. The van der Waals surface area contributed by atoms with Crippen LogP contribution in [0.5, 0.6) is 0 Å². The second kappa shape index (κ2) is 6.53. The number of benzene rings is 2. The molecule has 3 heterocycles. The Morgan fingerprint density at radius 2 is 2.11 bits per heavy atom. The molecule has 1 atom stereocenters. The van der Waals surface area contributed by atoms with Crippen molar-refractivity contribution in [2.45, 2.75) is 36.7 Å². The molecule has 136 valence electrons. The summed E-state index contributed by atoms with van der Waals surface area (Å²) in [7, 11) is 0. The van der Waals surface area contributed by atoms with Crippen LogP contribution in [0.3, 0.4) is 0 Å². The zero-order valence-corrected chi connectivity index (χ0v) is 15.6. The van der Waals surface area contributed by atoms with Gasteiger partial charge in [-0.25, -0.2) is 4.98 Å². The van der Waals surface area contributed by atoms with Crippen LogP contribution < -0.4 is 10.9 Å². The van der Waals surface area contributed by atoms with Gasteiger partial charge in [0.15, 0.2) is 0 Å². The molecule has 2 aromatic carbocycles. The Morgan fingerprint density at radius 1 is 1.22 bits per heavy atom. The highest BCUT2D eigenvalue weighted by molar-refractivity contribution is 7.99. The Morgan fingerprint density at radius 3 is 3.04 bits per heavy atom. The summed E-state index contributed by atoms with van der Waals surface area (Å²) in [4.78, 5) is 31.3. The summed E-state index contributed by atoms with van der Waals surface area (Å²) < 4.78 is 1.75. The van der Waals surface area contributed by atoms with Crippen molar-refractivity contribution in [1.29, 1.82) is 0 Å². The smallest absolute Gasteiger partial charge is 0.261 e. The summed E-state index contributed by atoms with van der Waals surface area (Å²) in [6.45, 7) is 0.735. The molecular formula is C21H19N3O2S. The molecule has 0 fully saturated rings. The van der Waals surface area contributed by atoms with Crippen molar-refractivity contribution < 1.29 is 4.79 Å². The van der Waals surface area contributed by atoms with Crippen LogP contribution in [-0.2, 0) is 13.0 Å². The number of nitrogens with zero attached hydrogens (tertiary/aromatic N) is 2. The topological polar surface area (TPSA) is 64.0 Å². The molecule has 3 aromatic rings. The molecule has 0 saturated heterocycles. The molecule has 5 nitrogen and oxygen atoms in total. The number of fused-ring (bicyclic) bond motifs is 3. The van der Waals surface area contributed by atoms with E-state index in [9.17, 15) is 9.59 Å². The number of carbonyl (C=O) groups excluding carboxylic acids is 1. The number of nitrogens with one attached hydrogen (secondary N) is 1. The van der Waals surface area contributed by atoms with Gasteiger partial charge in [-0.3, -0.25) is 14.2 Å². The number of aryl methyl sites for hydroxylation is 1. The van der Waals surface area contributed by atoms with Crippen molar-refractivity contribution in [3.63, 3.8) is 0 Å². The zero-order valence-electron chi connectivity index (χ0n) is 14.8. The highest BCUT2D eigenvalue weighted by Gasteiger charge is 2.23. The first kappa shape index (κ1) is 16.6. The number of rotatable bonds is 2. The van der Waals surface area contributed by atoms with Gasteiger partial charge in [-0.05, 0) is 42.7 Å². The second-order valence-electron chi connectivity index (χ2n) is 7.02. The lowest BCUT2D eigenvalue weighted by molar-refractivity contribution is 0.0935. The Balaban J connectivity index is 1.47. The van der Waals surface area contributed by atoms with Crippen LogP contribution in [0.2, 0.25) is 0 Å². The fourth-order valence-corrected chi connectivity index (χ4v) is 5.08. The first-order valence-electron chi connectivity index (χ1n) is 9.27. The average molecular weight is 377 g/mol. The van der Waals surface area contributed by atoms with Crippen molar-refractivity contribution in [2.24, 2.45) is 0 Å². The van der Waals surface area contributed by atoms with E-state index >= 15 is 0 Å². The maximum absolute atomic E-state index is 12.9. The van der Waals surface area contributed by atoms with Gasteiger partial charge in [-0.15, -0.1) is 11.8 Å². The molecule has 27 heavy (non-hydrogen) atoms. The van der Waals surface area contributed by atoms with Crippen LogP contribution in [0.1, 0.15) is 40.6 Å². The molecular weight excluding hydrogens is 358 g/mol. The summed E-state index contributed by atoms with van der Waals surface area (Å²) in [5.41, 5.74) is 2.34. The average Bonchev–Trinajstić information content (AvgIpc) is 3.17. The van der Waals surface area contributed by atoms with E-state index in [-0.39, 0.29) is 17.5 Å². The number of hydrogen-bond donors (Lipinski definition) is 1. The van der Waals surface area contributed by atoms with E-state index in [4.69, 9.17) is 0 Å². The molecule has 5 rings (SSSR count). The van der Waals surface area contributed by atoms with E-state index in [1.54, 1.807) is 22.8 Å². The van der Waals surface area contributed by atoms with Crippen LogP contribution in [-0.4, -0.2) is 21.2 Å². The molecule has 0 radical (unpaired) electrons. The monoisotopic (exact) mass is 377 g/mol. The summed E-state index contributed by atoms with van der Waals surface area (Å²) in [6.07, 6.45) is 2.68. The van der Waals surface area contributed by atoms with Gasteiger partial charge in [0.25, 0.3) is 11.5 Å². The van der Waals surface area contributed by atoms with Crippen LogP contribution in [0.15, 0.2) is 52.2 Å². The predicted octanol–water partition coefficient (Wildman–Crippen LogP) is 3.31. The van der Waals surface area contributed by atoms with E-state index in [2.05, 4.69) is 22.4 Å². The van der Waals surface area contributed by atoms with Crippen molar-refractivity contribution in [2.75, 3.05) is 5.75 Å². The molecule has 2 aliphatic heterocycles. The van der Waals surface area contributed by atoms with E-state index in [1.807, 2.05) is 23.9 Å². The molecule has 0 spiro atoms. The molecule has 1 aromatic heterocycles. The largest absolute Gasteiger partial charge is 0.345 e. The van der Waals surface area contributed by atoms with Crippen molar-refractivity contribution >= 4 is 28.6 Å². The van der Waals surface area contributed by atoms with Crippen LogP contribution in [0.25, 0.3) is 10.9 Å². The molecule has 6 heteroatoms. The zero-order chi connectivity index (χ0) is 18.4. The lowest BCUT2D eigenvalue weighted by atomic mass is 10.0. The Hall–Kier alpha value is -2.60. The van der Waals surface area contributed by atoms with Crippen LogP contribution >= 0.6 is 11.8 Å². The van der Waals surface area contributed by atoms with Crippen molar-refractivity contribution in [1.82, 2.24) is 14.9 Å². The maximum Gasteiger partial charge on any atom is 0.261 e. The predicted molar refractivity (Wildman–Crippen MR) is 106 cm³/mol. The summed E-state index contributed by atoms with van der Waals surface area (Å²) in [5.74, 6) is 1.69. The van der Waals surface area contributed by atoms with Gasteiger partial charge in [0.2, 0.25) is 0 Å². The lowest BCUT2D eigenvalue weighted by Crippen LogP contribution is -2.30. The van der Waals surface area contributed by atoms with Crippen LogP contribution in [0, 0.1) is 0 Å². The number of aromatic nitrogens is 2. The van der Waals surface area contributed by atoms with Gasteiger partial charge in [0.05, 0.1) is 16.9 Å². The third kappa shape index (κ3) is 2.84. The minimum Gasteiger partial charge on any atom is -0.345 e. The normalized spacial score (nSPS) is 18.1. The quantitative estimate of drug-likeness (QED) is 0.744. The number of hydrogen-bond acceptors (Lipinski definition) is 4. The molecule has 0 saturated carbocycles. The van der Waals surface area contributed by atoms with Gasteiger partial charge in [-0.2, -0.15) is 0 Å². The Labute approximate surface area is 160 Å². The number of carbonyl (C=O) groups is 1. The molecule has 0 unspecified atom stereocenters. The fraction of sp³-hybridized carbons (Fsp3) is 0.286. The van der Waals surface area contributed by atoms with Gasteiger partial charge in [0.1, 0.15) is 5.82 Å². The van der Waals surface area contributed by atoms with Gasteiger partial charge in [-0.1, -0.05) is 18.2 Å².